The first-order chi connectivity index (χ1) is 10.1. The van der Waals surface area contributed by atoms with Gasteiger partial charge in [0, 0.05) is 17.8 Å². The van der Waals surface area contributed by atoms with E-state index >= 15 is 0 Å². The fourth-order valence-corrected chi connectivity index (χ4v) is 2.03. The highest BCUT2D eigenvalue weighted by atomic mass is 16.1. The lowest BCUT2D eigenvalue weighted by Gasteiger charge is -2.08. The zero-order chi connectivity index (χ0) is 14.8. The lowest BCUT2D eigenvalue weighted by molar-refractivity contribution is 0.102. The van der Waals surface area contributed by atoms with Crippen LogP contribution in [0.25, 0.3) is 0 Å². The SMILES string of the molecule is Cc1ccc(NC(=O)c2cc(NC3CC3)nc(C)n2)cc1. The van der Waals surface area contributed by atoms with Gasteiger partial charge in [0.05, 0.1) is 0 Å². The molecule has 1 saturated carbocycles. The molecule has 1 aromatic heterocycles. The number of aryl methyl sites for hydroxylation is 2. The van der Waals surface area contributed by atoms with Gasteiger partial charge in [-0.25, -0.2) is 9.97 Å². The van der Waals surface area contributed by atoms with Gasteiger partial charge in [-0.05, 0) is 38.8 Å². The second-order valence-corrected chi connectivity index (χ2v) is 5.42. The van der Waals surface area contributed by atoms with Gasteiger partial charge >= 0.3 is 0 Å². The van der Waals surface area contributed by atoms with Gasteiger partial charge in [-0.3, -0.25) is 4.79 Å². The molecule has 0 aliphatic heterocycles. The summed E-state index contributed by atoms with van der Waals surface area (Å²) >= 11 is 0. The van der Waals surface area contributed by atoms with E-state index in [1.54, 1.807) is 13.0 Å². The Morgan fingerprint density at radius 2 is 1.86 bits per heavy atom. The standard InChI is InChI=1S/C16H18N4O/c1-10-3-5-13(6-4-10)20-16(21)14-9-15(18-11(2)17-14)19-12-7-8-12/h3-6,9,12H,7-8H2,1-2H3,(H,20,21)(H,17,18,19). The third-order valence-electron chi connectivity index (χ3n) is 3.31. The van der Waals surface area contributed by atoms with Gasteiger partial charge in [0.2, 0.25) is 0 Å². The Balaban J connectivity index is 1.76. The predicted octanol–water partition coefficient (Wildman–Crippen LogP) is 2.92. The molecule has 2 N–H and O–H groups in total. The van der Waals surface area contributed by atoms with Gasteiger partial charge in [0.25, 0.3) is 5.91 Å². The number of hydrogen-bond acceptors (Lipinski definition) is 4. The second kappa shape index (κ2) is 5.52. The van der Waals surface area contributed by atoms with E-state index < -0.39 is 0 Å². The number of benzene rings is 1. The van der Waals surface area contributed by atoms with Crippen molar-refractivity contribution in [2.75, 3.05) is 10.6 Å². The largest absolute Gasteiger partial charge is 0.367 e. The van der Waals surface area contributed by atoms with Crippen LogP contribution in [0.15, 0.2) is 30.3 Å². The first-order valence-electron chi connectivity index (χ1n) is 7.10. The molecule has 5 heteroatoms. The molecule has 1 aliphatic rings. The van der Waals surface area contributed by atoms with Crippen molar-refractivity contribution in [2.45, 2.75) is 32.7 Å². The lowest BCUT2D eigenvalue weighted by Crippen LogP contribution is -2.16. The van der Waals surface area contributed by atoms with Crippen LogP contribution < -0.4 is 10.6 Å². The Kier molecular flexibility index (Phi) is 3.56. The maximum Gasteiger partial charge on any atom is 0.274 e. The van der Waals surface area contributed by atoms with Gasteiger partial charge in [0.15, 0.2) is 0 Å². The van der Waals surface area contributed by atoms with Crippen LogP contribution >= 0.6 is 0 Å². The first-order valence-corrected chi connectivity index (χ1v) is 7.10. The number of carbonyl (C=O) groups is 1. The number of anilines is 2. The number of rotatable bonds is 4. The van der Waals surface area contributed by atoms with Crippen LogP contribution in [0.2, 0.25) is 0 Å². The third-order valence-corrected chi connectivity index (χ3v) is 3.31. The van der Waals surface area contributed by atoms with Crippen molar-refractivity contribution in [3.63, 3.8) is 0 Å². The number of nitrogens with one attached hydrogen (secondary N) is 2. The molecule has 1 aliphatic carbocycles. The monoisotopic (exact) mass is 282 g/mol. The molecule has 21 heavy (non-hydrogen) atoms. The van der Waals surface area contributed by atoms with Gasteiger partial charge in [0.1, 0.15) is 17.3 Å². The Morgan fingerprint density at radius 1 is 1.14 bits per heavy atom. The highest BCUT2D eigenvalue weighted by Gasteiger charge is 2.22. The number of carbonyl (C=O) groups excluding carboxylic acids is 1. The molecule has 2 aromatic rings. The Bertz CT molecular complexity index is 662. The summed E-state index contributed by atoms with van der Waals surface area (Å²) in [4.78, 5) is 20.8. The van der Waals surface area contributed by atoms with Gasteiger partial charge in [-0.1, -0.05) is 17.7 Å². The average molecular weight is 282 g/mol. The smallest absolute Gasteiger partial charge is 0.274 e. The molecular weight excluding hydrogens is 264 g/mol. The maximum atomic E-state index is 12.3. The highest BCUT2D eigenvalue weighted by Crippen LogP contribution is 2.24. The number of hydrogen-bond donors (Lipinski definition) is 2. The predicted molar refractivity (Wildman–Crippen MR) is 82.5 cm³/mol. The van der Waals surface area contributed by atoms with Gasteiger partial charge in [-0.15, -0.1) is 0 Å². The zero-order valence-corrected chi connectivity index (χ0v) is 12.2. The summed E-state index contributed by atoms with van der Waals surface area (Å²) in [5, 5.41) is 6.14. The van der Waals surface area contributed by atoms with Crippen molar-refractivity contribution in [3.05, 3.63) is 47.4 Å². The summed E-state index contributed by atoms with van der Waals surface area (Å²) in [6.07, 6.45) is 2.32. The molecule has 5 nitrogen and oxygen atoms in total. The van der Waals surface area contributed by atoms with Crippen LogP contribution in [0, 0.1) is 13.8 Å². The van der Waals surface area contributed by atoms with E-state index in [0.717, 1.165) is 29.9 Å². The lowest BCUT2D eigenvalue weighted by atomic mass is 10.2. The molecule has 0 radical (unpaired) electrons. The van der Waals surface area contributed by atoms with Crippen LogP contribution in [0.4, 0.5) is 11.5 Å². The topological polar surface area (TPSA) is 66.9 Å². The summed E-state index contributed by atoms with van der Waals surface area (Å²) in [5.74, 6) is 1.09. The van der Waals surface area contributed by atoms with E-state index in [1.165, 1.54) is 0 Å². The molecule has 1 heterocycles. The molecule has 0 unspecified atom stereocenters. The van der Waals surface area contributed by atoms with Gasteiger partial charge in [-0.2, -0.15) is 0 Å². The molecule has 0 spiro atoms. The van der Waals surface area contributed by atoms with Crippen LogP contribution in [-0.4, -0.2) is 21.9 Å². The van der Waals surface area contributed by atoms with Crippen molar-refractivity contribution >= 4 is 17.4 Å². The molecule has 0 bridgehead atoms. The molecule has 108 valence electrons. The first kappa shape index (κ1) is 13.5. The van der Waals surface area contributed by atoms with Crippen molar-refractivity contribution in [1.82, 2.24) is 9.97 Å². The van der Waals surface area contributed by atoms with Crippen molar-refractivity contribution in [1.29, 1.82) is 0 Å². The molecular formula is C16H18N4O. The Morgan fingerprint density at radius 3 is 2.52 bits per heavy atom. The number of amides is 1. The van der Waals surface area contributed by atoms with Crippen molar-refractivity contribution in [3.8, 4) is 0 Å². The summed E-state index contributed by atoms with van der Waals surface area (Å²) in [6, 6.07) is 9.87. The summed E-state index contributed by atoms with van der Waals surface area (Å²) < 4.78 is 0. The Labute approximate surface area is 123 Å². The maximum absolute atomic E-state index is 12.3. The Hall–Kier alpha value is -2.43. The van der Waals surface area contributed by atoms with Crippen LogP contribution in [-0.2, 0) is 0 Å². The van der Waals surface area contributed by atoms with Crippen molar-refractivity contribution in [2.24, 2.45) is 0 Å². The molecule has 1 fully saturated rings. The fraction of sp³-hybridized carbons (Fsp3) is 0.312. The minimum atomic E-state index is -0.219. The molecule has 0 saturated heterocycles. The molecule has 0 atom stereocenters. The van der Waals surface area contributed by atoms with Crippen molar-refractivity contribution < 1.29 is 4.79 Å². The minimum Gasteiger partial charge on any atom is -0.367 e. The van der Waals surface area contributed by atoms with Gasteiger partial charge < -0.3 is 10.6 Å². The number of nitrogens with zero attached hydrogens (tertiary/aromatic N) is 2. The zero-order valence-electron chi connectivity index (χ0n) is 12.2. The van der Waals surface area contributed by atoms with E-state index in [0.29, 0.717) is 17.6 Å². The summed E-state index contributed by atoms with van der Waals surface area (Å²) in [6.45, 7) is 3.80. The quantitative estimate of drug-likeness (QED) is 0.904. The molecule has 1 amide bonds. The second-order valence-electron chi connectivity index (χ2n) is 5.42. The third kappa shape index (κ3) is 3.56. The van der Waals surface area contributed by atoms with Crippen LogP contribution in [0.5, 0.6) is 0 Å². The molecule has 1 aromatic carbocycles. The van der Waals surface area contributed by atoms with E-state index in [2.05, 4.69) is 20.6 Å². The van der Waals surface area contributed by atoms with E-state index in [4.69, 9.17) is 0 Å². The highest BCUT2D eigenvalue weighted by molar-refractivity contribution is 6.03. The summed E-state index contributed by atoms with van der Waals surface area (Å²) in [5.41, 5.74) is 2.30. The summed E-state index contributed by atoms with van der Waals surface area (Å²) in [7, 11) is 0. The normalized spacial score (nSPS) is 13.8. The van der Waals surface area contributed by atoms with E-state index in [9.17, 15) is 4.79 Å². The van der Waals surface area contributed by atoms with E-state index in [1.807, 2.05) is 31.2 Å². The van der Waals surface area contributed by atoms with E-state index in [-0.39, 0.29) is 5.91 Å². The molecule has 3 rings (SSSR count). The van der Waals surface area contributed by atoms with Crippen LogP contribution in [0.3, 0.4) is 0 Å². The van der Waals surface area contributed by atoms with Crippen LogP contribution in [0.1, 0.15) is 34.7 Å². The minimum absolute atomic E-state index is 0.219. The number of aromatic nitrogens is 2. The fourth-order valence-electron chi connectivity index (χ4n) is 2.03. The average Bonchev–Trinajstić information content (AvgIpc) is 3.24.